The Kier molecular flexibility index (Phi) is 49.9. The van der Waals surface area contributed by atoms with Crippen LogP contribution in [0, 0.1) is 5.92 Å². The van der Waals surface area contributed by atoms with Crippen molar-refractivity contribution in [2.45, 2.75) is 297 Å². The summed E-state index contributed by atoms with van der Waals surface area (Å²) in [7, 11) is -9.86. The summed E-state index contributed by atoms with van der Waals surface area (Å²) in [6.45, 7) is 7.00. The second-order valence-corrected chi connectivity index (χ2v) is 23.8. The SMILES string of the molecule is CCCCCCCCCCCCCCC(=O)OC[C@H](COP(=O)(O)OC[C@@H](O)COP(=O)(O)OC[C@@H](COC(=O)CCCCCCC)OC(=O)CCCCCCCCC)OC(=O)CCCCCCCCCCC(C)CC. The van der Waals surface area contributed by atoms with Gasteiger partial charge in [-0.1, -0.05) is 227 Å². The number of carbonyl (C=O) groups is 4. The van der Waals surface area contributed by atoms with Crippen molar-refractivity contribution in [2.24, 2.45) is 5.92 Å². The lowest BCUT2D eigenvalue weighted by Gasteiger charge is -2.21. The van der Waals surface area contributed by atoms with Crippen LogP contribution in [0.5, 0.6) is 0 Å². The number of aliphatic hydroxyl groups is 1. The number of phosphoric acid groups is 2. The summed E-state index contributed by atoms with van der Waals surface area (Å²) in [5.41, 5.74) is 0. The smallest absolute Gasteiger partial charge is 0.462 e. The Labute approximate surface area is 460 Å². The Morgan fingerprint density at radius 2 is 0.632 bits per heavy atom. The molecule has 76 heavy (non-hydrogen) atoms. The first kappa shape index (κ1) is 74.1. The molecule has 0 aromatic rings. The Bertz CT molecular complexity index is 1500. The molecule has 0 fully saturated rings. The third-order valence-corrected chi connectivity index (χ3v) is 15.3. The number of carbonyl (C=O) groups excluding carboxylic acids is 4. The standard InChI is InChI=1S/C57H110O17P2/c1-6-10-13-16-18-19-20-21-22-27-31-36-41-55(60)68-47-53(74-57(62)43-38-33-28-24-23-26-30-34-39-50(5)9-4)49-72-76(65,66)70-45-51(58)44-69-75(63,64)71-48-52(46-67-54(59)40-35-29-15-12-8-3)73-56(61)42-37-32-25-17-14-11-7-2/h50-53,58H,6-49H2,1-5H3,(H,63,64)(H,65,66)/t50?,51-,52+,53+/m0/s1. The zero-order valence-corrected chi connectivity index (χ0v) is 50.2. The van der Waals surface area contributed by atoms with Crippen LogP contribution in [-0.2, 0) is 65.4 Å². The van der Waals surface area contributed by atoms with E-state index in [2.05, 4.69) is 34.6 Å². The molecule has 0 saturated heterocycles. The monoisotopic (exact) mass is 1130 g/mol. The molecule has 0 aliphatic carbocycles. The van der Waals surface area contributed by atoms with Crippen molar-refractivity contribution in [2.75, 3.05) is 39.6 Å². The van der Waals surface area contributed by atoms with E-state index in [0.29, 0.717) is 25.7 Å². The quantitative estimate of drug-likeness (QED) is 0.0222. The molecule has 3 unspecified atom stereocenters. The molecule has 6 atom stereocenters. The Morgan fingerprint density at radius 3 is 0.934 bits per heavy atom. The zero-order valence-electron chi connectivity index (χ0n) is 48.4. The maximum atomic E-state index is 12.9. The first-order valence-corrected chi connectivity index (χ1v) is 33.2. The lowest BCUT2D eigenvalue weighted by atomic mass is 9.99. The zero-order chi connectivity index (χ0) is 56.4. The molecule has 0 amide bonds. The van der Waals surface area contributed by atoms with Crippen LogP contribution in [0.1, 0.15) is 279 Å². The lowest BCUT2D eigenvalue weighted by Crippen LogP contribution is -2.30. The third kappa shape index (κ3) is 50.3. The van der Waals surface area contributed by atoms with Crippen molar-refractivity contribution in [1.29, 1.82) is 0 Å². The van der Waals surface area contributed by atoms with Gasteiger partial charge in [0.25, 0.3) is 0 Å². The van der Waals surface area contributed by atoms with Gasteiger partial charge in [0, 0.05) is 25.7 Å². The summed E-state index contributed by atoms with van der Waals surface area (Å²) in [4.78, 5) is 71.5. The number of hydrogen-bond acceptors (Lipinski definition) is 15. The molecule has 3 N–H and O–H groups in total. The van der Waals surface area contributed by atoms with Gasteiger partial charge in [0.1, 0.15) is 19.3 Å². The minimum Gasteiger partial charge on any atom is -0.462 e. The minimum atomic E-state index is -4.93. The van der Waals surface area contributed by atoms with Crippen molar-refractivity contribution < 1.29 is 80.2 Å². The number of aliphatic hydroxyl groups excluding tert-OH is 1. The number of unbranched alkanes of at least 4 members (excludes halogenated alkanes) is 28. The molecule has 0 radical (unpaired) electrons. The highest BCUT2D eigenvalue weighted by atomic mass is 31.2. The van der Waals surface area contributed by atoms with Gasteiger partial charge >= 0.3 is 39.5 Å². The lowest BCUT2D eigenvalue weighted by molar-refractivity contribution is -0.161. The van der Waals surface area contributed by atoms with E-state index >= 15 is 0 Å². The molecule has 0 aromatic carbocycles. The van der Waals surface area contributed by atoms with Gasteiger partial charge in [-0.15, -0.1) is 0 Å². The molecule has 450 valence electrons. The van der Waals surface area contributed by atoms with Crippen LogP contribution in [-0.4, -0.2) is 96.7 Å². The number of esters is 4. The highest BCUT2D eigenvalue weighted by molar-refractivity contribution is 7.47. The van der Waals surface area contributed by atoms with Gasteiger partial charge in [0.05, 0.1) is 26.4 Å². The van der Waals surface area contributed by atoms with E-state index in [0.717, 1.165) is 115 Å². The van der Waals surface area contributed by atoms with Crippen LogP contribution in [0.15, 0.2) is 0 Å². The summed E-state index contributed by atoms with van der Waals surface area (Å²) in [6, 6.07) is 0. The molecule has 0 bridgehead atoms. The molecular weight excluding hydrogens is 1020 g/mol. The van der Waals surface area contributed by atoms with Crippen LogP contribution in [0.2, 0.25) is 0 Å². The van der Waals surface area contributed by atoms with Gasteiger partial charge in [0.15, 0.2) is 12.2 Å². The van der Waals surface area contributed by atoms with Gasteiger partial charge in [-0.25, -0.2) is 9.13 Å². The van der Waals surface area contributed by atoms with Gasteiger partial charge in [-0.05, 0) is 31.6 Å². The van der Waals surface area contributed by atoms with E-state index in [1.165, 1.54) is 83.5 Å². The van der Waals surface area contributed by atoms with Crippen LogP contribution in [0.4, 0.5) is 0 Å². The Hall–Kier alpha value is -1.94. The molecule has 0 rings (SSSR count). The van der Waals surface area contributed by atoms with E-state index in [9.17, 15) is 43.2 Å². The Balaban J connectivity index is 5.18. The largest absolute Gasteiger partial charge is 0.472 e. The molecule has 0 aliphatic heterocycles. The average molecular weight is 1130 g/mol. The van der Waals surface area contributed by atoms with Crippen LogP contribution in [0.25, 0.3) is 0 Å². The van der Waals surface area contributed by atoms with E-state index < -0.39 is 97.5 Å². The first-order valence-electron chi connectivity index (χ1n) is 30.2. The summed E-state index contributed by atoms with van der Waals surface area (Å²) < 4.78 is 67.4. The fourth-order valence-corrected chi connectivity index (χ4v) is 9.89. The molecule has 0 aromatic heterocycles. The van der Waals surface area contributed by atoms with E-state index in [1.54, 1.807) is 0 Å². The van der Waals surface area contributed by atoms with Crippen LogP contribution < -0.4 is 0 Å². The average Bonchev–Trinajstić information content (AvgIpc) is 3.39. The van der Waals surface area contributed by atoms with Crippen molar-refractivity contribution in [1.82, 2.24) is 0 Å². The number of phosphoric ester groups is 2. The van der Waals surface area contributed by atoms with Crippen molar-refractivity contribution >= 4 is 39.5 Å². The highest BCUT2D eigenvalue weighted by Gasteiger charge is 2.30. The second-order valence-electron chi connectivity index (χ2n) is 20.9. The normalized spacial score (nSPS) is 14.8. The predicted molar refractivity (Wildman–Crippen MR) is 298 cm³/mol. The number of hydrogen-bond donors (Lipinski definition) is 3. The van der Waals surface area contributed by atoms with Crippen LogP contribution >= 0.6 is 15.6 Å². The van der Waals surface area contributed by atoms with Crippen molar-refractivity contribution in [3.8, 4) is 0 Å². The molecule has 0 spiro atoms. The highest BCUT2D eigenvalue weighted by Crippen LogP contribution is 2.45. The predicted octanol–water partition coefficient (Wildman–Crippen LogP) is 15.1. The van der Waals surface area contributed by atoms with Crippen molar-refractivity contribution in [3.05, 3.63) is 0 Å². The summed E-state index contributed by atoms with van der Waals surface area (Å²) in [5.74, 6) is -1.39. The fourth-order valence-electron chi connectivity index (χ4n) is 8.31. The summed E-state index contributed by atoms with van der Waals surface area (Å²) >= 11 is 0. The Morgan fingerprint density at radius 1 is 0.368 bits per heavy atom. The fraction of sp³-hybridized carbons (Fsp3) is 0.930. The summed E-state index contributed by atoms with van der Waals surface area (Å²) in [6.07, 6.45) is 32.5. The van der Waals surface area contributed by atoms with Crippen LogP contribution in [0.3, 0.4) is 0 Å². The van der Waals surface area contributed by atoms with Crippen molar-refractivity contribution in [3.63, 3.8) is 0 Å². The maximum Gasteiger partial charge on any atom is 0.472 e. The van der Waals surface area contributed by atoms with E-state index in [4.69, 9.17) is 37.0 Å². The third-order valence-electron chi connectivity index (χ3n) is 13.4. The second kappa shape index (κ2) is 51.2. The number of ether oxygens (including phenoxy) is 4. The maximum absolute atomic E-state index is 12.9. The molecule has 17 nitrogen and oxygen atoms in total. The van der Waals surface area contributed by atoms with E-state index in [-0.39, 0.29) is 25.7 Å². The van der Waals surface area contributed by atoms with Gasteiger partial charge in [0.2, 0.25) is 0 Å². The molecule has 0 aliphatic rings. The van der Waals surface area contributed by atoms with E-state index in [1.807, 2.05) is 0 Å². The number of rotatable bonds is 57. The first-order chi connectivity index (χ1) is 36.6. The topological polar surface area (TPSA) is 237 Å². The molecule has 19 heteroatoms. The van der Waals surface area contributed by atoms with Gasteiger partial charge < -0.3 is 33.8 Å². The van der Waals surface area contributed by atoms with Gasteiger partial charge in [-0.2, -0.15) is 0 Å². The summed E-state index contributed by atoms with van der Waals surface area (Å²) in [5, 5.41) is 10.5. The van der Waals surface area contributed by atoms with Gasteiger partial charge in [-0.3, -0.25) is 37.3 Å². The minimum absolute atomic E-state index is 0.103. The molecule has 0 saturated carbocycles. The molecule has 0 heterocycles. The molecular formula is C57H110O17P2.